The predicted molar refractivity (Wildman–Crippen MR) is 102 cm³/mol. The fourth-order valence-corrected chi connectivity index (χ4v) is 3.19. The van der Waals surface area contributed by atoms with E-state index >= 15 is 0 Å². The molecule has 0 saturated carbocycles. The third kappa shape index (κ3) is 4.53. The number of carbonyl (C=O) groups is 3. The number of likely N-dealkylation sites (tertiary alicyclic amines) is 1. The Kier molecular flexibility index (Phi) is 5.54. The molecule has 1 fully saturated rings. The molecule has 2 aromatic rings. The van der Waals surface area contributed by atoms with Crippen LogP contribution in [0.4, 0.5) is 5.69 Å². The molecule has 1 heterocycles. The molecule has 2 aromatic carbocycles. The minimum absolute atomic E-state index is 0.0571. The highest BCUT2D eigenvalue weighted by Crippen LogP contribution is 2.21. The average Bonchev–Trinajstić information content (AvgIpc) is 2.68. The molecule has 6 nitrogen and oxygen atoms in total. The molecule has 0 bridgehead atoms. The number of carboxylic acid groups (broad SMARTS) is 1. The van der Waals surface area contributed by atoms with E-state index in [-0.39, 0.29) is 23.3 Å². The highest BCUT2D eigenvalue weighted by atomic mass is 16.4. The number of anilines is 1. The molecule has 1 aliphatic heterocycles. The first-order chi connectivity index (χ1) is 12.9. The molecule has 2 N–H and O–H groups in total. The quantitative estimate of drug-likeness (QED) is 0.870. The fraction of sp³-hybridized carbons (Fsp3) is 0.286. The molecule has 1 atom stereocenters. The van der Waals surface area contributed by atoms with Crippen molar-refractivity contribution >= 4 is 23.5 Å². The number of hydrogen-bond donors (Lipinski definition) is 2. The van der Waals surface area contributed by atoms with Gasteiger partial charge < -0.3 is 15.3 Å². The molecular weight excluding hydrogens is 344 g/mol. The first kappa shape index (κ1) is 18.6. The van der Waals surface area contributed by atoms with Gasteiger partial charge in [0.15, 0.2) is 0 Å². The molecule has 0 aliphatic carbocycles. The van der Waals surface area contributed by atoms with Gasteiger partial charge in [-0.25, -0.2) is 4.79 Å². The third-order valence-electron chi connectivity index (χ3n) is 4.78. The lowest BCUT2D eigenvalue weighted by Gasteiger charge is -2.32. The summed E-state index contributed by atoms with van der Waals surface area (Å²) in [5.41, 5.74) is 2.44. The van der Waals surface area contributed by atoms with Gasteiger partial charge in [0.2, 0.25) is 5.91 Å². The molecule has 2 amide bonds. The number of piperidine rings is 1. The van der Waals surface area contributed by atoms with Gasteiger partial charge in [-0.3, -0.25) is 9.59 Å². The molecule has 0 spiro atoms. The van der Waals surface area contributed by atoms with Gasteiger partial charge >= 0.3 is 5.97 Å². The Morgan fingerprint density at radius 1 is 1.00 bits per heavy atom. The topological polar surface area (TPSA) is 86.7 Å². The van der Waals surface area contributed by atoms with E-state index in [0.717, 1.165) is 18.4 Å². The molecule has 0 aromatic heterocycles. The van der Waals surface area contributed by atoms with Crippen molar-refractivity contribution in [1.82, 2.24) is 4.90 Å². The summed E-state index contributed by atoms with van der Waals surface area (Å²) in [6, 6.07) is 13.5. The second-order valence-corrected chi connectivity index (χ2v) is 6.83. The highest BCUT2D eigenvalue weighted by molar-refractivity contribution is 5.96. The zero-order valence-electron chi connectivity index (χ0n) is 15.1. The van der Waals surface area contributed by atoms with Gasteiger partial charge in [0.1, 0.15) is 0 Å². The van der Waals surface area contributed by atoms with E-state index in [2.05, 4.69) is 5.32 Å². The largest absolute Gasteiger partial charge is 0.478 e. The van der Waals surface area contributed by atoms with Gasteiger partial charge in [-0.15, -0.1) is 0 Å². The van der Waals surface area contributed by atoms with E-state index in [9.17, 15) is 14.4 Å². The van der Waals surface area contributed by atoms with Crippen molar-refractivity contribution in [3.8, 4) is 0 Å². The number of benzene rings is 2. The van der Waals surface area contributed by atoms with Gasteiger partial charge in [0, 0.05) is 24.3 Å². The zero-order valence-corrected chi connectivity index (χ0v) is 15.1. The number of nitrogens with zero attached hydrogens (tertiary/aromatic N) is 1. The average molecular weight is 366 g/mol. The normalized spacial score (nSPS) is 16.6. The first-order valence-electron chi connectivity index (χ1n) is 8.94. The van der Waals surface area contributed by atoms with Crippen LogP contribution in [0.1, 0.15) is 39.1 Å². The SMILES string of the molecule is Cc1ccc(C(=O)N2CCCC(C(=O)Nc3ccc(C(=O)O)cc3)C2)cc1. The van der Waals surface area contributed by atoms with Crippen molar-refractivity contribution < 1.29 is 19.5 Å². The zero-order chi connectivity index (χ0) is 19.4. The van der Waals surface area contributed by atoms with Crippen molar-refractivity contribution in [2.45, 2.75) is 19.8 Å². The minimum Gasteiger partial charge on any atom is -0.478 e. The number of aromatic carboxylic acids is 1. The maximum atomic E-state index is 12.7. The lowest BCUT2D eigenvalue weighted by molar-refractivity contribution is -0.121. The summed E-state index contributed by atoms with van der Waals surface area (Å²) in [7, 11) is 0. The molecule has 0 radical (unpaired) electrons. The van der Waals surface area contributed by atoms with Crippen LogP contribution in [0.2, 0.25) is 0 Å². The van der Waals surface area contributed by atoms with E-state index in [4.69, 9.17) is 5.11 Å². The Hall–Kier alpha value is -3.15. The van der Waals surface area contributed by atoms with E-state index in [1.807, 2.05) is 31.2 Å². The van der Waals surface area contributed by atoms with Crippen LogP contribution in [0, 0.1) is 12.8 Å². The van der Waals surface area contributed by atoms with Crippen LogP contribution in [0.5, 0.6) is 0 Å². The van der Waals surface area contributed by atoms with Gasteiger partial charge in [-0.1, -0.05) is 17.7 Å². The summed E-state index contributed by atoms with van der Waals surface area (Å²) in [5, 5.41) is 11.7. The number of amides is 2. The molecule has 6 heteroatoms. The van der Waals surface area contributed by atoms with Crippen molar-refractivity contribution in [2.75, 3.05) is 18.4 Å². The van der Waals surface area contributed by atoms with Crippen LogP contribution in [-0.2, 0) is 4.79 Å². The second kappa shape index (κ2) is 8.03. The highest BCUT2D eigenvalue weighted by Gasteiger charge is 2.29. The van der Waals surface area contributed by atoms with Gasteiger partial charge in [-0.05, 0) is 56.2 Å². The summed E-state index contributed by atoms with van der Waals surface area (Å²) in [5.74, 6) is -1.50. The standard InChI is InChI=1S/C21H22N2O4/c1-14-4-6-15(7-5-14)20(25)23-12-2-3-17(13-23)19(24)22-18-10-8-16(9-11-18)21(26)27/h4-11,17H,2-3,12-13H2,1H3,(H,22,24)(H,26,27). The monoisotopic (exact) mass is 366 g/mol. The number of carbonyl (C=O) groups excluding carboxylic acids is 2. The molecule has 3 rings (SSSR count). The molecule has 27 heavy (non-hydrogen) atoms. The molecule has 1 unspecified atom stereocenters. The lowest BCUT2D eigenvalue weighted by atomic mass is 9.96. The Morgan fingerprint density at radius 2 is 1.63 bits per heavy atom. The van der Waals surface area contributed by atoms with Crippen LogP contribution in [0.25, 0.3) is 0 Å². The third-order valence-corrected chi connectivity index (χ3v) is 4.78. The van der Waals surface area contributed by atoms with Crippen molar-refractivity contribution in [3.05, 3.63) is 65.2 Å². The Morgan fingerprint density at radius 3 is 2.26 bits per heavy atom. The van der Waals surface area contributed by atoms with E-state index in [1.165, 1.54) is 12.1 Å². The van der Waals surface area contributed by atoms with Gasteiger partial charge in [0.05, 0.1) is 11.5 Å². The predicted octanol–water partition coefficient (Wildman–Crippen LogP) is 3.18. The summed E-state index contributed by atoms with van der Waals surface area (Å²) in [4.78, 5) is 37.9. The summed E-state index contributed by atoms with van der Waals surface area (Å²) in [6.07, 6.45) is 1.49. The molecular formula is C21H22N2O4. The summed E-state index contributed by atoms with van der Waals surface area (Å²) >= 11 is 0. The number of carboxylic acids is 1. The van der Waals surface area contributed by atoms with Gasteiger partial charge in [-0.2, -0.15) is 0 Å². The summed E-state index contributed by atoms with van der Waals surface area (Å²) < 4.78 is 0. The van der Waals surface area contributed by atoms with Crippen LogP contribution >= 0.6 is 0 Å². The maximum Gasteiger partial charge on any atom is 0.335 e. The summed E-state index contributed by atoms with van der Waals surface area (Å²) in [6.45, 7) is 2.99. The minimum atomic E-state index is -1.01. The molecule has 1 saturated heterocycles. The number of aryl methyl sites for hydroxylation is 1. The maximum absolute atomic E-state index is 12.7. The van der Waals surface area contributed by atoms with Crippen molar-refractivity contribution in [3.63, 3.8) is 0 Å². The lowest BCUT2D eigenvalue weighted by Crippen LogP contribution is -2.43. The molecule has 1 aliphatic rings. The Balaban J connectivity index is 1.63. The van der Waals surface area contributed by atoms with Crippen LogP contribution in [0.3, 0.4) is 0 Å². The van der Waals surface area contributed by atoms with E-state index < -0.39 is 5.97 Å². The van der Waals surface area contributed by atoms with E-state index in [0.29, 0.717) is 24.3 Å². The number of hydrogen-bond acceptors (Lipinski definition) is 3. The number of rotatable bonds is 4. The first-order valence-corrected chi connectivity index (χ1v) is 8.94. The van der Waals surface area contributed by atoms with Crippen LogP contribution in [-0.4, -0.2) is 40.9 Å². The van der Waals surface area contributed by atoms with E-state index in [1.54, 1.807) is 17.0 Å². The van der Waals surface area contributed by atoms with Crippen molar-refractivity contribution in [1.29, 1.82) is 0 Å². The Labute approximate surface area is 157 Å². The van der Waals surface area contributed by atoms with Crippen molar-refractivity contribution in [2.24, 2.45) is 5.92 Å². The van der Waals surface area contributed by atoms with Gasteiger partial charge in [0.25, 0.3) is 5.91 Å². The van der Waals surface area contributed by atoms with Crippen LogP contribution < -0.4 is 5.32 Å². The fourth-order valence-electron chi connectivity index (χ4n) is 3.19. The number of nitrogens with one attached hydrogen (secondary N) is 1. The van der Waals surface area contributed by atoms with Crippen LogP contribution in [0.15, 0.2) is 48.5 Å². The molecule has 140 valence electrons. The second-order valence-electron chi connectivity index (χ2n) is 6.83. The Bertz CT molecular complexity index is 843. The smallest absolute Gasteiger partial charge is 0.335 e.